The summed E-state index contributed by atoms with van der Waals surface area (Å²) in [5.41, 5.74) is 1.77. The van der Waals surface area contributed by atoms with Gasteiger partial charge in [-0.2, -0.15) is 0 Å². The molecule has 4 rings (SSSR count). The van der Waals surface area contributed by atoms with Gasteiger partial charge in [-0.3, -0.25) is 4.79 Å². The van der Waals surface area contributed by atoms with Gasteiger partial charge in [-0.1, -0.05) is 45.2 Å². The van der Waals surface area contributed by atoms with Crippen LogP contribution in [0.25, 0.3) is 0 Å². The third kappa shape index (κ3) is 13.3. The maximum atomic E-state index is 11.7. The topological polar surface area (TPSA) is 62.2 Å². The minimum Gasteiger partial charge on any atom is -0.494 e. The van der Waals surface area contributed by atoms with E-state index in [0.717, 1.165) is 81.0 Å². The lowest BCUT2D eigenvalue weighted by molar-refractivity contribution is 0.0981. The zero-order chi connectivity index (χ0) is 29.8. The van der Waals surface area contributed by atoms with Crippen molar-refractivity contribution in [2.75, 3.05) is 52.5 Å². The van der Waals surface area contributed by atoms with Crippen molar-refractivity contribution in [2.24, 2.45) is 0 Å². The lowest BCUT2D eigenvalue weighted by atomic mass is 10.1. The number of ketones is 1. The maximum absolute atomic E-state index is 11.7. The SMILES string of the molecule is CCCC(=O)c1ccc(OCCCN2CCCCC2)cc1.CCCC(O)c1ccc(OCCCN2CCCCC2)cc1. The summed E-state index contributed by atoms with van der Waals surface area (Å²) in [6.45, 7) is 12.9. The summed E-state index contributed by atoms with van der Waals surface area (Å²) in [5.74, 6) is 1.98. The first-order chi connectivity index (χ1) is 20.6. The van der Waals surface area contributed by atoms with E-state index in [1.807, 2.05) is 55.5 Å². The number of Topliss-reactive ketones (excluding diaryl/α,β-unsaturated/α-hetero) is 1. The molecular weight excluding hydrogens is 524 g/mol. The summed E-state index contributed by atoms with van der Waals surface area (Å²) in [6, 6.07) is 15.4. The van der Waals surface area contributed by atoms with E-state index in [2.05, 4.69) is 16.7 Å². The maximum Gasteiger partial charge on any atom is 0.162 e. The second-order valence-corrected chi connectivity index (χ2v) is 11.8. The molecule has 1 unspecified atom stereocenters. The molecule has 42 heavy (non-hydrogen) atoms. The predicted molar refractivity (Wildman–Crippen MR) is 173 cm³/mol. The highest BCUT2D eigenvalue weighted by Crippen LogP contribution is 2.21. The van der Waals surface area contributed by atoms with Crippen LogP contribution in [0.3, 0.4) is 0 Å². The molecule has 6 nitrogen and oxygen atoms in total. The van der Waals surface area contributed by atoms with E-state index in [0.29, 0.717) is 6.42 Å². The lowest BCUT2D eigenvalue weighted by Gasteiger charge is -2.26. The van der Waals surface area contributed by atoms with Gasteiger partial charge in [-0.15, -0.1) is 0 Å². The second-order valence-electron chi connectivity index (χ2n) is 11.8. The minimum absolute atomic E-state index is 0.217. The lowest BCUT2D eigenvalue weighted by Crippen LogP contribution is -2.31. The zero-order valence-electron chi connectivity index (χ0n) is 26.4. The second kappa shape index (κ2) is 20.5. The number of rotatable bonds is 16. The van der Waals surface area contributed by atoms with Gasteiger partial charge in [0.05, 0.1) is 19.3 Å². The van der Waals surface area contributed by atoms with Crippen LogP contribution in [0.5, 0.6) is 11.5 Å². The van der Waals surface area contributed by atoms with Crippen molar-refractivity contribution in [1.82, 2.24) is 9.80 Å². The number of aliphatic hydroxyl groups is 1. The summed E-state index contributed by atoms with van der Waals surface area (Å²) in [5, 5.41) is 9.92. The molecule has 1 N–H and O–H groups in total. The van der Waals surface area contributed by atoms with Gasteiger partial charge >= 0.3 is 0 Å². The van der Waals surface area contributed by atoms with Gasteiger partial charge < -0.3 is 24.4 Å². The van der Waals surface area contributed by atoms with Crippen molar-refractivity contribution in [1.29, 1.82) is 0 Å². The normalized spacial score (nSPS) is 16.7. The largest absolute Gasteiger partial charge is 0.494 e. The van der Waals surface area contributed by atoms with Crippen LogP contribution in [0.15, 0.2) is 48.5 Å². The quantitative estimate of drug-likeness (QED) is 0.162. The molecule has 0 aromatic heterocycles. The van der Waals surface area contributed by atoms with Gasteiger partial charge in [0, 0.05) is 25.1 Å². The molecule has 2 heterocycles. The molecule has 2 saturated heterocycles. The van der Waals surface area contributed by atoms with Crippen molar-refractivity contribution < 1.29 is 19.4 Å². The first kappa shape index (κ1) is 34.1. The van der Waals surface area contributed by atoms with Crippen LogP contribution >= 0.6 is 0 Å². The van der Waals surface area contributed by atoms with Crippen molar-refractivity contribution in [3.05, 3.63) is 59.7 Å². The molecule has 234 valence electrons. The molecule has 0 spiro atoms. The molecule has 0 radical (unpaired) electrons. The van der Waals surface area contributed by atoms with Gasteiger partial charge in [0.2, 0.25) is 0 Å². The number of carbonyl (C=O) groups is 1. The molecule has 2 aliphatic rings. The standard InChI is InChI=1S/C18H29NO2.C18H27NO2/c2*1-2-7-18(20)16-8-10-17(11-9-16)21-15-6-14-19-12-4-3-5-13-19/h8-11,18,20H,2-7,12-15H2,1H3;8-11H,2-7,12-15H2,1H3. The number of nitrogens with zero attached hydrogens (tertiary/aromatic N) is 2. The van der Waals surface area contributed by atoms with E-state index in [9.17, 15) is 9.90 Å². The highest BCUT2D eigenvalue weighted by atomic mass is 16.5. The molecule has 2 fully saturated rings. The zero-order valence-corrected chi connectivity index (χ0v) is 26.4. The Morgan fingerprint density at radius 2 is 1.19 bits per heavy atom. The van der Waals surface area contributed by atoms with E-state index in [1.54, 1.807) is 0 Å². The number of carbonyl (C=O) groups excluding carboxylic acids is 1. The van der Waals surface area contributed by atoms with Crippen molar-refractivity contribution in [3.8, 4) is 11.5 Å². The highest BCUT2D eigenvalue weighted by molar-refractivity contribution is 5.96. The number of ether oxygens (including phenoxy) is 2. The fourth-order valence-corrected chi connectivity index (χ4v) is 5.66. The summed E-state index contributed by atoms with van der Waals surface area (Å²) in [7, 11) is 0. The Morgan fingerprint density at radius 1 is 0.714 bits per heavy atom. The van der Waals surface area contributed by atoms with E-state index < -0.39 is 0 Å². The van der Waals surface area contributed by atoms with E-state index >= 15 is 0 Å². The highest BCUT2D eigenvalue weighted by Gasteiger charge is 2.11. The van der Waals surface area contributed by atoms with E-state index in [-0.39, 0.29) is 11.9 Å². The van der Waals surface area contributed by atoms with Crippen LogP contribution in [-0.4, -0.2) is 73.2 Å². The Bertz CT molecular complexity index is 967. The third-order valence-electron chi connectivity index (χ3n) is 8.15. The molecule has 2 aromatic carbocycles. The number of aliphatic hydroxyl groups excluding tert-OH is 1. The fraction of sp³-hybridized carbons (Fsp3) is 0.639. The number of hydrogen-bond donors (Lipinski definition) is 1. The van der Waals surface area contributed by atoms with Crippen LogP contribution in [0.4, 0.5) is 0 Å². The molecule has 0 bridgehead atoms. The van der Waals surface area contributed by atoms with E-state index in [4.69, 9.17) is 9.47 Å². The van der Waals surface area contributed by atoms with Crippen LogP contribution in [-0.2, 0) is 0 Å². The fourth-order valence-electron chi connectivity index (χ4n) is 5.66. The van der Waals surface area contributed by atoms with Gasteiger partial charge in [-0.25, -0.2) is 0 Å². The molecular formula is C36H56N2O4. The Balaban J connectivity index is 0.000000230. The number of likely N-dealkylation sites (tertiary alicyclic amines) is 2. The van der Waals surface area contributed by atoms with Gasteiger partial charge in [0.15, 0.2) is 5.78 Å². The third-order valence-corrected chi connectivity index (χ3v) is 8.15. The molecule has 2 aromatic rings. The van der Waals surface area contributed by atoms with Gasteiger partial charge in [0.1, 0.15) is 11.5 Å². The Hall–Kier alpha value is -2.41. The Labute approximate surface area is 255 Å². The molecule has 6 heteroatoms. The number of benzene rings is 2. The number of piperidine rings is 2. The van der Waals surface area contributed by atoms with Crippen LogP contribution < -0.4 is 9.47 Å². The van der Waals surface area contributed by atoms with Gasteiger partial charge in [-0.05, 0) is 120 Å². The molecule has 0 amide bonds. The summed E-state index contributed by atoms with van der Waals surface area (Å²) >= 11 is 0. The van der Waals surface area contributed by atoms with Crippen LogP contribution in [0, 0.1) is 0 Å². The average Bonchev–Trinajstić information content (AvgIpc) is 3.03. The molecule has 0 saturated carbocycles. The molecule has 1 atom stereocenters. The van der Waals surface area contributed by atoms with Crippen LogP contribution in [0.2, 0.25) is 0 Å². The number of hydrogen-bond acceptors (Lipinski definition) is 6. The monoisotopic (exact) mass is 580 g/mol. The Kier molecular flexibility index (Phi) is 16.6. The first-order valence-electron chi connectivity index (χ1n) is 16.7. The first-order valence-corrected chi connectivity index (χ1v) is 16.7. The van der Waals surface area contributed by atoms with Crippen molar-refractivity contribution in [2.45, 2.75) is 97.0 Å². The Morgan fingerprint density at radius 3 is 1.64 bits per heavy atom. The van der Waals surface area contributed by atoms with Gasteiger partial charge in [0.25, 0.3) is 0 Å². The average molecular weight is 581 g/mol. The summed E-state index contributed by atoms with van der Waals surface area (Å²) < 4.78 is 11.5. The summed E-state index contributed by atoms with van der Waals surface area (Å²) in [6.07, 6.45) is 13.3. The summed E-state index contributed by atoms with van der Waals surface area (Å²) in [4.78, 5) is 16.8. The van der Waals surface area contributed by atoms with E-state index in [1.165, 1.54) is 64.7 Å². The smallest absolute Gasteiger partial charge is 0.162 e. The van der Waals surface area contributed by atoms with Crippen molar-refractivity contribution in [3.63, 3.8) is 0 Å². The van der Waals surface area contributed by atoms with Crippen molar-refractivity contribution >= 4 is 5.78 Å². The predicted octanol–water partition coefficient (Wildman–Crippen LogP) is 7.70. The minimum atomic E-state index is -0.344. The van der Waals surface area contributed by atoms with Crippen LogP contribution in [0.1, 0.15) is 113 Å². The molecule has 2 aliphatic heterocycles. The molecule has 0 aliphatic carbocycles.